The highest BCUT2D eigenvalue weighted by atomic mass is 16.5. The molecule has 27 heavy (non-hydrogen) atoms. The molecule has 0 amide bonds. The van der Waals surface area contributed by atoms with Gasteiger partial charge in [-0.3, -0.25) is 4.79 Å². The summed E-state index contributed by atoms with van der Waals surface area (Å²) in [6.07, 6.45) is 0. The molecule has 0 atom stereocenters. The molecule has 0 unspecified atom stereocenters. The Hall–Kier alpha value is -3.09. The smallest absolute Gasteiger partial charge is 0.340 e. The number of nitrogens with one attached hydrogen (secondary N) is 1. The molecule has 2 aromatic rings. The summed E-state index contributed by atoms with van der Waals surface area (Å²) in [6.45, 7) is 6.69. The molecular weight excluding hydrogens is 350 g/mol. The van der Waals surface area contributed by atoms with E-state index in [1.165, 1.54) is 7.11 Å². The quantitative estimate of drug-likeness (QED) is 0.592. The first-order valence-electron chi connectivity index (χ1n) is 8.51. The average molecular weight is 373 g/mol. The third kappa shape index (κ3) is 4.36. The lowest BCUT2D eigenvalue weighted by Crippen LogP contribution is -2.16. The number of Topliss-reactive ketones (excluding diaryl/α,β-unsaturated/α-hetero) is 1. The van der Waals surface area contributed by atoms with Crippen LogP contribution in [-0.2, 0) is 9.47 Å². The monoisotopic (exact) mass is 373 g/mol. The SMILES string of the molecule is CCOC(=O)c1c(C)[nH]c(C(=O)COC(=O)c2ccc(C)c(OC)c2)c1C. The molecule has 2 rings (SSSR count). The van der Waals surface area contributed by atoms with E-state index < -0.39 is 24.3 Å². The van der Waals surface area contributed by atoms with Crippen LogP contribution in [0.5, 0.6) is 5.75 Å². The van der Waals surface area contributed by atoms with E-state index in [9.17, 15) is 14.4 Å². The van der Waals surface area contributed by atoms with Gasteiger partial charge in [-0.15, -0.1) is 0 Å². The number of benzene rings is 1. The van der Waals surface area contributed by atoms with Crippen molar-refractivity contribution in [2.24, 2.45) is 0 Å². The normalized spacial score (nSPS) is 10.4. The van der Waals surface area contributed by atoms with Crippen LogP contribution in [0.2, 0.25) is 0 Å². The number of aromatic nitrogens is 1. The second kappa shape index (κ2) is 8.53. The molecule has 0 spiro atoms. The minimum absolute atomic E-state index is 0.227. The second-order valence-electron chi connectivity index (χ2n) is 6.03. The van der Waals surface area contributed by atoms with Crippen LogP contribution in [0, 0.1) is 20.8 Å². The topological polar surface area (TPSA) is 94.7 Å². The number of ether oxygens (including phenoxy) is 3. The molecular formula is C20H23NO6. The molecule has 7 nitrogen and oxygen atoms in total. The van der Waals surface area contributed by atoms with Gasteiger partial charge in [-0.1, -0.05) is 6.07 Å². The summed E-state index contributed by atoms with van der Waals surface area (Å²) >= 11 is 0. The van der Waals surface area contributed by atoms with Gasteiger partial charge in [0.25, 0.3) is 0 Å². The molecule has 0 fully saturated rings. The zero-order valence-corrected chi connectivity index (χ0v) is 16.1. The molecule has 1 aromatic carbocycles. The largest absolute Gasteiger partial charge is 0.496 e. The van der Waals surface area contributed by atoms with Gasteiger partial charge in [0.05, 0.1) is 30.5 Å². The molecule has 0 radical (unpaired) electrons. The first kappa shape index (κ1) is 20.2. The molecule has 1 heterocycles. The van der Waals surface area contributed by atoms with Crippen LogP contribution in [-0.4, -0.2) is 43.0 Å². The van der Waals surface area contributed by atoms with Crippen molar-refractivity contribution in [3.8, 4) is 5.75 Å². The number of carbonyl (C=O) groups excluding carboxylic acids is 3. The summed E-state index contributed by atoms with van der Waals surface area (Å²) in [5, 5.41) is 0. The lowest BCUT2D eigenvalue weighted by atomic mass is 10.1. The van der Waals surface area contributed by atoms with Crippen molar-refractivity contribution < 1.29 is 28.6 Å². The summed E-state index contributed by atoms with van der Waals surface area (Å²) < 4.78 is 15.3. The number of aromatic amines is 1. The predicted octanol–water partition coefficient (Wildman–Crippen LogP) is 3.16. The van der Waals surface area contributed by atoms with Crippen LogP contribution in [0.4, 0.5) is 0 Å². The molecule has 0 aliphatic heterocycles. The number of rotatable bonds is 7. The van der Waals surface area contributed by atoms with Crippen molar-refractivity contribution in [2.45, 2.75) is 27.7 Å². The standard InChI is InChI=1S/C20H23NO6/c1-6-26-20(24)17-12(3)18(21-13(17)4)15(22)10-27-19(23)14-8-7-11(2)16(9-14)25-5/h7-9,21H,6,10H2,1-5H3. The number of aryl methyl sites for hydroxylation is 2. The number of H-pyrrole nitrogens is 1. The fraction of sp³-hybridized carbons (Fsp3) is 0.350. The van der Waals surface area contributed by atoms with E-state index in [2.05, 4.69) is 4.98 Å². The number of hydrogen-bond donors (Lipinski definition) is 1. The van der Waals surface area contributed by atoms with Crippen molar-refractivity contribution in [2.75, 3.05) is 20.3 Å². The summed E-state index contributed by atoms with van der Waals surface area (Å²) in [6, 6.07) is 4.90. The van der Waals surface area contributed by atoms with E-state index >= 15 is 0 Å². The van der Waals surface area contributed by atoms with Gasteiger partial charge in [-0.2, -0.15) is 0 Å². The number of carbonyl (C=O) groups is 3. The molecule has 1 aromatic heterocycles. The van der Waals surface area contributed by atoms with Crippen molar-refractivity contribution in [3.05, 3.63) is 51.8 Å². The Kier molecular flexibility index (Phi) is 6.39. The summed E-state index contributed by atoms with van der Waals surface area (Å²) in [4.78, 5) is 39.5. The van der Waals surface area contributed by atoms with Crippen molar-refractivity contribution in [3.63, 3.8) is 0 Å². The average Bonchev–Trinajstić information content (AvgIpc) is 2.94. The highest BCUT2D eigenvalue weighted by molar-refractivity contribution is 6.03. The summed E-state index contributed by atoms with van der Waals surface area (Å²) in [7, 11) is 1.51. The van der Waals surface area contributed by atoms with Gasteiger partial charge in [0.2, 0.25) is 5.78 Å². The molecule has 1 N–H and O–H groups in total. The maximum atomic E-state index is 12.4. The molecule has 144 valence electrons. The summed E-state index contributed by atoms with van der Waals surface area (Å²) in [5.74, 6) is -0.996. The van der Waals surface area contributed by atoms with Gasteiger partial charge in [0.15, 0.2) is 6.61 Å². The molecule has 0 aliphatic carbocycles. The lowest BCUT2D eigenvalue weighted by molar-refractivity contribution is 0.0472. The fourth-order valence-electron chi connectivity index (χ4n) is 2.77. The van der Waals surface area contributed by atoms with Crippen LogP contribution in [0.1, 0.15) is 54.9 Å². The van der Waals surface area contributed by atoms with Crippen LogP contribution in [0.3, 0.4) is 0 Å². The molecule has 0 saturated carbocycles. The van der Waals surface area contributed by atoms with Crippen LogP contribution < -0.4 is 4.74 Å². The minimum Gasteiger partial charge on any atom is -0.496 e. The third-order valence-corrected chi connectivity index (χ3v) is 4.17. The molecule has 0 saturated heterocycles. The highest BCUT2D eigenvalue weighted by Crippen LogP contribution is 2.21. The van der Waals surface area contributed by atoms with Crippen molar-refractivity contribution >= 4 is 17.7 Å². The number of hydrogen-bond acceptors (Lipinski definition) is 6. The van der Waals surface area contributed by atoms with Crippen LogP contribution in [0.15, 0.2) is 18.2 Å². The predicted molar refractivity (Wildman–Crippen MR) is 98.6 cm³/mol. The van der Waals surface area contributed by atoms with Crippen LogP contribution in [0.25, 0.3) is 0 Å². The Balaban J connectivity index is 2.11. The van der Waals surface area contributed by atoms with Crippen molar-refractivity contribution in [1.82, 2.24) is 4.98 Å². The molecule has 0 bridgehead atoms. The van der Waals surface area contributed by atoms with Crippen molar-refractivity contribution in [1.29, 1.82) is 0 Å². The van der Waals surface area contributed by atoms with E-state index in [-0.39, 0.29) is 17.9 Å². The maximum Gasteiger partial charge on any atom is 0.340 e. The van der Waals surface area contributed by atoms with Gasteiger partial charge >= 0.3 is 11.9 Å². The van der Waals surface area contributed by atoms with E-state index in [0.717, 1.165) is 5.56 Å². The van der Waals surface area contributed by atoms with Gasteiger partial charge in [0, 0.05) is 5.69 Å². The number of ketones is 1. The second-order valence-corrected chi connectivity index (χ2v) is 6.03. The van der Waals surface area contributed by atoms with E-state index in [1.54, 1.807) is 39.0 Å². The Morgan fingerprint density at radius 1 is 1.04 bits per heavy atom. The van der Waals surface area contributed by atoms with E-state index in [4.69, 9.17) is 14.2 Å². The lowest BCUT2D eigenvalue weighted by Gasteiger charge is -2.08. The number of methoxy groups -OCH3 is 1. The molecule has 0 aliphatic rings. The highest BCUT2D eigenvalue weighted by Gasteiger charge is 2.23. The molecule has 7 heteroatoms. The van der Waals surface area contributed by atoms with Gasteiger partial charge < -0.3 is 19.2 Å². The van der Waals surface area contributed by atoms with E-state index in [1.807, 2.05) is 6.92 Å². The summed E-state index contributed by atoms with van der Waals surface area (Å²) in [5.41, 5.74) is 2.73. The Labute approximate surface area is 157 Å². The third-order valence-electron chi connectivity index (χ3n) is 4.17. The Morgan fingerprint density at radius 3 is 2.37 bits per heavy atom. The zero-order chi connectivity index (χ0) is 20.1. The van der Waals surface area contributed by atoms with Gasteiger partial charge in [-0.05, 0) is 51.0 Å². The number of esters is 2. The first-order chi connectivity index (χ1) is 12.8. The Morgan fingerprint density at radius 2 is 1.74 bits per heavy atom. The maximum absolute atomic E-state index is 12.4. The fourth-order valence-corrected chi connectivity index (χ4v) is 2.77. The van der Waals surface area contributed by atoms with Gasteiger partial charge in [0.1, 0.15) is 5.75 Å². The van der Waals surface area contributed by atoms with Crippen LogP contribution >= 0.6 is 0 Å². The zero-order valence-electron chi connectivity index (χ0n) is 16.1. The Bertz CT molecular complexity index is 881. The van der Waals surface area contributed by atoms with E-state index in [0.29, 0.717) is 22.6 Å². The van der Waals surface area contributed by atoms with Gasteiger partial charge in [-0.25, -0.2) is 9.59 Å². The first-order valence-corrected chi connectivity index (χ1v) is 8.51. The minimum atomic E-state index is -0.631.